The monoisotopic (exact) mass is 261 g/mol. The maximum Gasteiger partial charge on any atom is 0.255 e. The van der Waals surface area contributed by atoms with Crippen LogP contribution in [0.3, 0.4) is 0 Å². The Balaban J connectivity index is 2.19. The third kappa shape index (κ3) is 2.78. The van der Waals surface area contributed by atoms with E-state index in [4.69, 9.17) is 11.6 Å². The van der Waals surface area contributed by atoms with Crippen LogP contribution in [-0.4, -0.2) is 17.9 Å². The molecule has 1 aromatic heterocycles. The second-order valence-corrected chi connectivity index (χ2v) is 4.02. The topological polar surface area (TPSA) is 54.0 Å². The summed E-state index contributed by atoms with van der Waals surface area (Å²) in [5.74, 6) is 0.420. The van der Waals surface area contributed by atoms with E-state index in [1.54, 1.807) is 37.5 Å². The molecule has 0 bridgehead atoms. The average molecular weight is 262 g/mol. The number of para-hydroxylation sites is 1. The lowest BCUT2D eigenvalue weighted by atomic mass is 10.2. The van der Waals surface area contributed by atoms with Crippen molar-refractivity contribution in [1.82, 2.24) is 4.98 Å². The summed E-state index contributed by atoms with van der Waals surface area (Å²) in [6.07, 6.45) is 1.58. The molecule has 1 aromatic carbocycles. The van der Waals surface area contributed by atoms with Gasteiger partial charge in [-0.3, -0.25) is 4.79 Å². The van der Waals surface area contributed by atoms with Crippen molar-refractivity contribution in [1.29, 1.82) is 0 Å². The Morgan fingerprint density at radius 2 is 2.06 bits per heavy atom. The van der Waals surface area contributed by atoms with Gasteiger partial charge in [0.1, 0.15) is 5.82 Å². The summed E-state index contributed by atoms with van der Waals surface area (Å²) >= 11 is 5.97. The van der Waals surface area contributed by atoms with Gasteiger partial charge < -0.3 is 10.6 Å². The molecule has 2 aromatic rings. The van der Waals surface area contributed by atoms with Gasteiger partial charge in [0.15, 0.2) is 0 Å². The van der Waals surface area contributed by atoms with Crippen LogP contribution in [0.15, 0.2) is 42.6 Å². The lowest BCUT2D eigenvalue weighted by Gasteiger charge is -2.07. The minimum atomic E-state index is -0.220. The highest BCUT2D eigenvalue weighted by Gasteiger charge is 2.08. The fraction of sp³-hybridized carbons (Fsp3) is 0.0769. The zero-order valence-corrected chi connectivity index (χ0v) is 10.5. The summed E-state index contributed by atoms with van der Waals surface area (Å²) in [5.41, 5.74) is 1.11. The van der Waals surface area contributed by atoms with Gasteiger partial charge in [0.25, 0.3) is 5.91 Å². The third-order valence-electron chi connectivity index (χ3n) is 2.40. The van der Waals surface area contributed by atoms with Gasteiger partial charge in [-0.25, -0.2) is 4.98 Å². The zero-order valence-electron chi connectivity index (χ0n) is 9.77. The number of hydrogen-bond acceptors (Lipinski definition) is 3. The first kappa shape index (κ1) is 12.4. The molecule has 18 heavy (non-hydrogen) atoms. The summed E-state index contributed by atoms with van der Waals surface area (Å²) in [6, 6.07) is 10.4. The van der Waals surface area contributed by atoms with Crippen LogP contribution in [0.4, 0.5) is 11.5 Å². The van der Waals surface area contributed by atoms with Gasteiger partial charge in [0, 0.05) is 18.8 Å². The van der Waals surface area contributed by atoms with Crippen LogP contribution in [-0.2, 0) is 0 Å². The first-order valence-electron chi connectivity index (χ1n) is 5.40. The molecule has 2 rings (SSSR count). The lowest BCUT2D eigenvalue weighted by molar-refractivity contribution is 0.102. The van der Waals surface area contributed by atoms with Crippen molar-refractivity contribution in [3.63, 3.8) is 0 Å². The van der Waals surface area contributed by atoms with Gasteiger partial charge in [0.05, 0.1) is 10.7 Å². The second-order valence-electron chi connectivity index (χ2n) is 3.61. The molecular weight excluding hydrogens is 250 g/mol. The number of amides is 1. The normalized spacial score (nSPS) is 9.89. The highest BCUT2D eigenvalue weighted by molar-refractivity contribution is 6.33. The summed E-state index contributed by atoms with van der Waals surface area (Å²) in [4.78, 5) is 16.1. The van der Waals surface area contributed by atoms with E-state index in [1.807, 2.05) is 12.1 Å². The number of pyridine rings is 1. The van der Waals surface area contributed by atoms with E-state index < -0.39 is 0 Å². The molecule has 0 aliphatic carbocycles. The molecule has 5 heteroatoms. The minimum absolute atomic E-state index is 0.220. The third-order valence-corrected chi connectivity index (χ3v) is 2.73. The smallest absolute Gasteiger partial charge is 0.255 e. The lowest BCUT2D eigenvalue weighted by Crippen LogP contribution is -2.12. The Morgan fingerprint density at radius 1 is 1.28 bits per heavy atom. The number of rotatable bonds is 3. The van der Waals surface area contributed by atoms with E-state index in [1.165, 1.54) is 0 Å². The number of aromatic nitrogens is 1. The van der Waals surface area contributed by atoms with Crippen LogP contribution in [0.2, 0.25) is 5.02 Å². The van der Waals surface area contributed by atoms with E-state index >= 15 is 0 Å². The molecule has 0 atom stereocenters. The highest BCUT2D eigenvalue weighted by Crippen LogP contribution is 2.21. The summed E-state index contributed by atoms with van der Waals surface area (Å²) in [7, 11) is 1.75. The predicted octanol–water partition coefficient (Wildman–Crippen LogP) is 3.03. The minimum Gasteiger partial charge on any atom is -0.373 e. The first-order valence-corrected chi connectivity index (χ1v) is 5.78. The number of halogens is 1. The molecule has 0 radical (unpaired) electrons. The number of anilines is 2. The van der Waals surface area contributed by atoms with Crippen LogP contribution >= 0.6 is 11.6 Å². The van der Waals surface area contributed by atoms with Crippen molar-refractivity contribution >= 4 is 29.0 Å². The van der Waals surface area contributed by atoms with Crippen molar-refractivity contribution in [2.75, 3.05) is 17.7 Å². The van der Waals surface area contributed by atoms with Crippen molar-refractivity contribution in [3.8, 4) is 0 Å². The Morgan fingerprint density at radius 3 is 2.78 bits per heavy atom. The number of nitrogens with one attached hydrogen (secondary N) is 2. The molecule has 92 valence electrons. The fourth-order valence-corrected chi connectivity index (χ4v) is 1.65. The van der Waals surface area contributed by atoms with Gasteiger partial charge in [-0.15, -0.1) is 0 Å². The summed E-state index contributed by atoms with van der Waals surface area (Å²) in [6.45, 7) is 0. The zero-order chi connectivity index (χ0) is 13.0. The molecule has 0 aliphatic heterocycles. The molecule has 0 fully saturated rings. The van der Waals surface area contributed by atoms with Crippen LogP contribution in [0.1, 0.15) is 10.4 Å². The maximum absolute atomic E-state index is 12.0. The molecule has 0 saturated heterocycles. The van der Waals surface area contributed by atoms with Crippen LogP contribution in [0.5, 0.6) is 0 Å². The number of carbonyl (C=O) groups excluding carboxylic acids is 1. The van der Waals surface area contributed by atoms with E-state index in [0.717, 1.165) is 0 Å². The second kappa shape index (κ2) is 5.51. The fourth-order valence-electron chi connectivity index (χ4n) is 1.47. The molecule has 1 amide bonds. The van der Waals surface area contributed by atoms with Gasteiger partial charge in [-0.1, -0.05) is 23.7 Å². The molecule has 4 nitrogen and oxygen atoms in total. The van der Waals surface area contributed by atoms with Crippen LogP contribution < -0.4 is 10.6 Å². The van der Waals surface area contributed by atoms with Crippen molar-refractivity contribution in [2.45, 2.75) is 0 Å². The Bertz CT molecular complexity index is 572. The number of carbonyl (C=O) groups is 1. The Hall–Kier alpha value is -2.07. The van der Waals surface area contributed by atoms with E-state index in [9.17, 15) is 4.79 Å². The number of nitrogens with zero attached hydrogens (tertiary/aromatic N) is 1. The van der Waals surface area contributed by atoms with Crippen molar-refractivity contribution in [3.05, 3.63) is 53.2 Å². The van der Waals surface area contributed by atoms with Crippen molar-refractivity contribution < 1.29 is 4.79 Å². The summed E-state index contributed by atoms with van der Waals surface area (Å²) < 4.78 is 0. The largest absolute Gasteiger partial charge is 0.373 e. The SMILES string of the molecule is CNc1cc(C(=O)Nc2ccccc2Cl)ccn1. The molecule has 1 heterocycles. The summed E-state index contributed by atoms with van der Waals surface area (Å²) in [5, 5.41) is 6.14. The molecule has 0 aliphatic rings. The van der Waals surface area contributed by atoms with E-state index in [-0.39, 0.29) is 5.91 Å². The van der Waals surface area contributed by atoms with Gasteiger partial charge >= 0.3 is 0 Å². The number of hydrogen-bond donors (Lipinski definition) is 2. The van der Waals surface area contributed by atoms with Crippen LogP contribution in [0, 0.1) is 0 Å². The molecular formula is C13H12ClN3O. The maximum atomic E-state index is 12.0. The standard InChI is InChI=1S/C13H12ClN3O/c1-15-12-8-9(6-7-16-12)13(18)17-11-5-3-2-4-10(11)14/h2-8H,1H3,(H,15,16)(H,17,18). The predicted molar refractivity (Wildman–Crippen MR) is 73.2 cm³/mol. The van der Waals surface area contributed by atoms with E-state index in [0.29, 0.717) is 22.1 Å². The first-order chi connectivity index (χ1) is 8.70. The van der Waals surface area contributed by atoms with E-state index in [2.05, 4.69) is 15.6 Å². The molecule has 2 N–H and O–H groups in total. The van der Waals surface area contributed by atoms with Crippen molar-refractivity contribution in [2.24, 2.45) is 0 Å². The van der Waals surface area contributed by atoms with Gasteiger partial charge in [-0.2, -0.15) is 0 Å². The van der Waals surface area contributed by atoms with Crippen LogP contribution in [0.25, 0.3) is 0 Å². The molecule has 0 unspecified atom stereocenters. The Kier molecular flexibility index (Phi) is 3.79. The van der Waals surface area contributed by atoms with Gasteiger partial charge in [0.2, 0.25) is 0 Å². The number of benzene rings is 1. The quantitative estimate of drug-likeness (QED) is 0.893. The Labute approximate surface area is 110 Å². The average Bonchev–Trinajstić information content (AvgIpc) is 2.41. The van der Waals surface area contributed by atoms with Gasteiger partial charge in [-0.05, 0) is 24.3 Å². The molecule has 0 spiro atoms. The molecule has 0 saturated carbocycles. The highest BCUT2D eigenvalue weighted by atomic mass is 35.5.